The molecule has 2 aliphatic rings. The van der Waals surface area contributed by atoms with Crippen molar-refractivity contribution < 1.29 is 37.0 Å². The lowest BCUT2D eigenvalue weighted by molar-refractivity contribution is -0.174. The normalized spacial score (nSPS) is 18.3. The fraction of sp³-hybridized carbons (Fsp3) is 0.389. The number of alkyl halides is 3. The summed E-state index contributed by atoms with van der Waals surface area (Å²) in [6.45, 7) is -0.0642. The van der Waals surface area contributed by atoms with Crippen LogP contribution in [0.3, 0.4) is 0 Å². The van der Waals surface area contributed by atoms with E-state index in [9.17, 15) is 32.7 Å². The minimum Gasteiger partial charge on any atom is -0.477 e. The zero-order chi connectivity index (χ0) is 22.7. The first-order chi connectivity index (χ1) is 14.5. The van der Waals surface area contributed by atoms with Crippen LogP contribution in [0.15, 0.2) is 17.1 Å². The Morgan fingerprint density at radius 1 is 1.32 bits per heavy atom. The number of hydrogen-bond acceptors (Lipinski definition) is 6. The number of ether oxygens (including phenoxy) is 1. The van der Waals surface area contributed by atoms with E-state index in [2.05, 4.69) is 0 Å². The molecule has 0 unspecified atom stereocenters. The average molecular weight is 444 g/mol. The summed E-state index contributed by atoms with van der Waals surface area (Å²) >= 11 is 0. The van der Waals surface area contributed by atoms with Gasteiger partial charge in [-0.2, -0.15) is 13.2 Å². The molecular formula is C18H16F4N4O5. The molecule has 0 radical (unpaired) electrons. The van der Waals surface area contributed by atoms with Crippen molar-refractivity contribution in [3.63, 3.8) is 0 Å². The molecule has 1 atom stereocenters. The molecule has 166 valence electrons. The minimum absolute atomic E-state index is 0.0232. The first-order valence-electron chi connectivity index (χ1n) is 9.11. The number of carboxylic acid groups (broad SMARTS) is 1. The maximum Gasteiger partial charge on any atom is 0.471 e. The summed E-state index contributed by atoms with van der Waals surface area (Å²) in [5.74, 6) is -4.46. The molecule has 1 aromatic carbocycles. The predicted molar refractivity (Wildman–Crippen MR) is 99.6 cm³/mol. The quantitative estimate of drug-likeness (QED) is 0.682. The van der Waals surface area contributed by atoms with Gasteiger partial charge in [0.1, 0.15) is 16.8 Å². The molecule has 2 aliphatic heterocycles. The van der Waals surface area contributed by atoms with Gasteiger partial charge >= 0.3 is 18.1 Å². The standard InChI is InChI=1S/C18H16F4N4O5/c1-24-7-31-15-12-9(14(27)10(16(28)29)6-26(12)24)4-11(19)13(15)25-3-2-8(5-25)23-17(30)18(20,21)22/h4,6,8H,2-3,5,7H2,1H3,(H,23,30)(H,28,29)/t8-/m1/s1. The lowest BCUT2D eigenvalue weighted by Gasteiger charge is -2.33. The summed E-state index contributed by atoms with van der Waals surface area (Å²) in [7, 11) is 1.57. The highest BCUT2D eigenvalue weighted by molar-refractivity contribution is 5.97. The van der Waals surface area contributed by atoms with E-state index in [1.807, 2.05) is 5.32 Å². The number of benzene rings is 1. The summed E-state index contributed by atoms with van der Waals surface area (Å²) in [6.07, 6.45) is -3.78. The third-order valence-corrected chi connectivity index (χ3v) is 5.24. The van der Waals surface area contributed by atoms with Crippen LogP contribution < -0.4 is 25.4 Å². The lowest BCUT2D eigenvalue weighted by atomic mass is 10.1. The van der Waals surface area contributed by atoms with Crippen molar-refractivity contribution in [3.8, 4) is 5.75 Å². The molecule has 0 aliphatic carbocycles. The van der Waals surface area contributed by atoms with Crippen LogP contribution in [-0.2, 0) is 4.79 Å². The lowest BCUT2D eigenvalue weighted by Crippen LogP contribution is -2.44. The number of carbonyl (C=O) groups is 2. The number of carboxylic acids is 1. The molecule has 0 saturated carbocycles. The Morgan fingerprint density at radius 3 is 2.68 bits per heavy atom. The van der Waals surface area contributed by atoms with Crippen LogP contribution in [0.4, 0.5) is 23.2 Å². The molecule has 1 fully saturated rings. The maximum absolute atomic E-state index is 15.1. The summed E-state index contributed by atoms with van der Waals surface area (Å²) in [5.41, 5.74) is -1.36. The number of nitrogens with one attached hydrogen (secondary N) is 1. The second kappa shape index (κ2) is 7.03. The molecule has 2 N–H and O–H groups in total. The smallest absolute Gasteiger partial charge is 0.471 e. The Balaban J connectivity index is 1.78. The zero-order valence-corrected chi connectivity index (χ0v) is 16.0. The van der Waals surface area contributed by atoms with E-state index in [0.717, 1.165) is 12.3 Å². The number of hydrogen-bond donors (Lipinski definition) is 2. The highest BCUT2D eigenvalue weighted by Gasteiger charge is 2.41. The minimum atomic E-state index is -5.03. The Morgan fingerprint density at radius 2 is 2.03 bits per heavy atom. The molecule has 1 saturated heterocycles. The third-order valence-electron chi connectivity index (χ3n) is 5.24. The number of rotatable bonds is 3. The van der Waals surface area contributed by atoms with Crippen LogP contribution in [-0.4, -0.2) is 60.7 Å². The number of nitrogens with zero attached hydrogens (tertiary/aromatic N) is 3. The van der Waals surface area contributed by atoms with E-state index in [4.69, 9.17) is 4.74 Å². The van der Waals surface area contributed by atoms with Gasteiger partial charge < -0.3 is 20.1 Å². The topological polar surface area (TPSA) is 104 Å². The van der Waals surface area contributed by atoms with Gasteiger partial charge in [-0.1, -0.05) is 0 Å². The Bertz CT molecular complexity index is 1160. The van der Waals surface area contributed by atoms with Gasteiger partial charge in [0.25, 0.3) is 0 Å². The van der Waals surface area contributed by atoms with Gasteiger partial charge in [0, 0.05) is 32.4 Å². The van der Waals surface area contributed by atoms with Crippen molar-refractivity contribution in [2.45, 2.75) is 18.6 Å². The molecule has 2 aromatic rings. The second-order valence-corrected chi connectivity index (χ2v) is 7.29. The van der Waals surface area contributed by atoms with E-state index in [0.29, 0.717) is 0 Å². The van der Waals surface area contributed by atoms with Gasteiger partial charge in [-0.25, -0.2) is 9.18 Å². The number of aromatic carboxylic acids is 1. The second-order valence-electron chi connectivity index (χ2n) is 7.29. The number of amides is 1. The Labute approximate surface area is 171 Å². The van der Waals surface area contributed by atoms with Crippen molar-refractivity contribution in [2.75, 3.05) is 36.8 Å². The number of anilines is 1. The monoisotopic (exact) mass is 444 g/mol. The van der Waals surface area contributed by atoms with Gasteiger partial charge in [0.2, 0.25) is 5.43 Å². The fourth-order valence-corrected chi connectivity index (χ4v) is 3.82. The van der Waals surface area contributed by atoms with Gasteiger partial charge in [-0.05, 0) is 12.5 Å². The molecule has 0 spiro atoms. The van der Waals surface area contributed by atoms with Crippen molar-refractivity contribution in [1.82, 2.24) is 9.99 Å². The van der Waals surface area contributed by atoms with Gasteiger partial charge in [-0.15, -0.1) is 0 Å². The first kappa shape index (κ1) is 20.8. The molecule has 4 rings (SSSR count). The van der Waals surface area contributed by atoms with Crippen LogP contribution in [0, 0.1) is 5.82 Å². The van der Waals surface area contributed by atoms with Crippen LogP contribution in [0.1, 0.15) is 16.8 Å². The number of halogens is 4. The van der Waals surface area contributed by atoms with Gasteiger partial charge in [0.05, 0.1) is 5.39 Å². The summed E-state index contributed by atoms with van der Waals surface area (Å²) < 4.78 is 59.6. The van der Waals surface area contributed by atoms with E-state index in [-0.39, 0.29) is 48.6 Å². The highest BCUT2D eigenvalue weighted by Crippen LogP contribution is 2.41. The molecule has 1 amide bonds. The summed E-state index contributed by atoms with van der Waals surface area (Å²) in [4.78, 5) is 36.6. The van der Waals surface area contributed by atoms with Crippen LogP contribution in [0.25, 0.3) is 10.9 Å². The first-order valence-corrected chi connectivity index (χ1v) is 9.11. The Hall–Kier alpha value is -3.51. The van der Waals surface area contributed by atoms with Crippen molar-refractivity contribution >= 4 is 28.5 Å². The maximum atomic E-state index is 15.1. The molecule has 9 nitrogen and oxygen atoms in total. The van der Waals surface area contributed by atoms with E-state index >= 15 is 4.39 Å². The molecule has 3 heterocycles. The van der Waals surface area contributed by atoms with Crippen molar-refractivity contribution in [3.05, 3.63) is 33.9 Å². The van der Waals surface area contributed by atoms with Crippen LogP contribution in [0.2, 0.25) is 0 Å². The van der Waals surface area contributed by atoms with Crippen LogP contribution >= 0.6 is 0 Å². The number of carbonyl (C=O) groups excluding carboxylic acids is 1. The summed E-state index contributed by atoms with van der Waals surface area (Å²) in [5, 5.41) is 12.4. The van der Waals surface area contributed by atoms with Crippen molar-refractivity contribution in [1.29, 1.82) is 0 Å². The van der Waals surface area contributed by atoms with E-state index in [1.54, 1.807) is 7.05 Å². The molecule has 1 aromatic heterocycles. The SMILES string of the molecule is CN1COc2c(N3CC[C@@H](NC(=O)C(F)(F)F)C3)c(F)cc3c(=O)c(C(=O)O)cn1c23. The molecule has 13 heteroatoms. The molecular weight excluding hydrogens is 428 g/mol. The van der Waals surface area contributed by atoms with Crippen molar-refractivity contribution in [2.24, 2.45) is 0 Å². The fourth-order valence-electron chi connectivity index (χ4n) is 3.82. The predicted octanol–water partition coefficient (Wildman–Crippen LogP) is 1.01. The largest absolute Gasteiger partial charge is 0.477 e. The van der Waals surface area contributed by atoms with E-state index < -0.39 is 40.9 Å². The Kier molecular flexibility index (Phi) is 4.70. The number of aromatic nitrogens is 1. The van der Waals surface area contributed by atoms with Crippen LogP contribution in [0.5, 0.6) is 5.75 Å². The summed E-state index contributed by atoms with van der Waals surface area (Å²) in [6, 6.07) is 0.0307. The third kappa shape index (κ3) is 3.39. The zero-order valence-electron chi connectivity index (χ0n) is 16.0. The average Bonchev–Trinajstić information content (AvgIpc) is 3.12. The number of pyridine rings is 1. The molecule has 31 heavy (non-hydrogen) atoms. The van der Waals surface area contributed by atoms with E-state index in [1.165, 1.54) is 14.6 Å². The van der Waals surface area contributed by atoms with Gasteiger partial charge in [-0.3, -0.25) is 19.3 Å². The molecule has 0 bridgehead atoms. The highest BCUT2D eigenvalue weighted by atomic mass is 19.4. The van der Waals surface area contributed by atoms with Gasteiger partial charge in [0.15, 0.2) is 18.3 Å².